The second-order valence-corrected chi connectivity index (χ2v) is 7.09. The number of carbonyl (C=O) groups is 1. The lowest BCUT2D eigenvalue weighted by Crippen LogP contribution is -2.46. The van der Waals surface area contributed by atoms with Crippen LogP contribution in [-0.2, 0) is 9.53 Å². The van der Waals surface area contributed by atoms with Crippen molar-refractivity contribution in [3.05, 3.63) is 34.9 Å². The molecule has 1 aromatic carbocycles. The van der Waals surface area contributed by atoms with Crippen molar-refractivity contribution in [1.82, 2.24) is 5.32 Å². The van der Waals surface area contributed by atoms with Gasteiger partial charge in [0.1, 0.15) is 5.60 Å². The monoisotopic (exact) mass is 347 g/mol. The normalized spacial score (nSPS) is 29.6. The van der Waals surface area contributed by atoms with Crippen LogP contribution in [0.4, 0.5) is 0 Å². The van der Waals surface area contributed by atoms with Crippen LogP contribution in [0, 0.1) is 17.8 Å². The highest BCUT2D eigenvalue weighted by molar-refractivity contribution is 6.30. The van der Waals surface area contributed by atoms with Gasteiger partial charge in [0.2, 0.25) is 5.91 Å². The number of carbonyl (C=O) groups excluding carboxylic acids is 1. The van der Waals surface area contributed by atoms with Gasteiger partial charge in [0.05, 0.1) is 12.5 Å². The molecule has 128 valence electrons. The predicted molar refractivity (Wildman–Crippen MR) is 92.6 cm³/mol. The van der Waals surface area contributed by atoms with Crippen LogP contribution in [0.15, 0.2) is 24.3 Å². The molecule has 3 atom stereocenters. The van der Waals surface area contributed by atoms with Crippen molar-refractivity contribution >= 4 is 17.5 Å². The third kappa shape index (κ3) is 4.51. The molecular formula is C19H22ClNO3. The summed E-state index contributed by atoms with van der Waals surface area (Å²) in [5.41, 5.74) is -0.282. The van der Waals surface area contributed by atoms with E-state index < -0.39 is 5.60 Å². The summed E-state index contributed by atoms with van der Waals surface area (Å²) in [5, 5.41) is 14.4. The number of hydrogen-bond acceptors (Lipinski definition) is 3. The highest BCUT2D eigenvalue weighted by atomic mass is 35.5. The number of ether oxygens (including phenoxy) is 1. The maximum atomic E-state index is 12.2. The zero-order valence-corrected chi connectivity index (χ0v) is 14.3. The molecule has 2 N–H and O–H groups in total. The highest BCUT2D eigenvalue weighted by Crippen LogP contribution is 2.28. The molecule has 1 saturated carbocycles. The molecule has 2 fully saturated rings. The summed E-state index contributed by atoms with van der Waals surface area (Å²) >= 11 is 5.96. The molecule has 2 aliphatic rings. The SMILES string of the molecule is O=C(N[C@@H]1CCCC(O)(C#Cc2cccc(Cl)c2)C1)C1CCOC1. The van der Waals surface area contributed by atoms with Gasteiger partial charge in [-0.3, -0.25) is 4.79 Å². The maximum absolute atomic E-state index is 12.2. The van der Waals surface area contributed by atoms with Crippen molar-refractivity contribution in [2.75, 3.05) is 13.2 Å². The summed E-state index contributed by atoms with van der Waals surface area (Å²) in [5.74, 6) is 5.97. The van der Waals surface area contributed by atoms with E-state index in [0.717, 1.165) is 24.8 Å². The van der Waals surface area contributed by atoms with Crippen molar-refractivity contribution in [1.29, 1.82) is 0 Å². The molecule has 3 rings (SSSR count). The molecule has 0 radical (unpaired) electrons. The summed E-state index contributed by atoms with van der Waals surface area (Å²) in [7, 11) is 0. The number of halogens is 1. The minimum atomic E-state index is -1.06. The first-order valence-electron chi connectivity index (χ1n) is 8.43. The number of rotatable bonds is 2. The van der Waals surface area contributed by atoms with Gasteiger partial charge in [-0.05, 0) is 43.9 Å². The Balaban J connectivity index is 1.62. The van der Waals surface area contributed by atoms with Crippen LogP contribution in [-0.4, -0.2) is 35.9 Å². The maximum Gasteiger partial charge on any atom is 0.225 e. The van der Waals surface area contributed by atoms with Gasteiger partial charge >= 0.3 is 0 Å². The van der Waals surface area contributed by atoms with Gasteiger partial charge < -0.3 is 15.2 Å². The van der Waals surface area contributed by atoms with Crippen LogP contribution in [0.2, 0.25) is 5.02 Å². The van der Waals surface area contributed by atoms with Gasteiger partial charge in [0, 0.05) is 29.7 Å². The van der Waals surface area contributed by atoms with Gasteiger partial charge in [0.25, 0.3) is 0 Å². The third-order valence-corrected chi connectivity index (χ3v) is 4.87. The summed E-state index contributed by atoms with van der Waals surface area (Å²) < 4.78 is 5.26. The Bertz CT molecular complexity index is 660. The molecule has 0 bridgehead atoms. The first-order chi connectivity index (χ1) is 11.5. The molecule has 1 aliphatic carbocycles. The van der Waals surface area contributed by atoms with Crippen molar-refractivity contribution < 1.29 is 14.6 Å². The zero-order chi connectivity index (χ0) is 17.0. The highest BCUT2D eigenvalue weighted by Gasteiger charge is 2.35. The van der Waals surface area contributed by atoms with Crippen LogP contribution >= 0.6 is 11.6 Å². The second kappa shape index (κ2) is 7.57. The molecule has 2 unspecified atom stereocenters. The van der Waals surface area contributed by atoms with E-state index in [4.69, 9.17) is 16.3 Å². The van der Waals surface area contributed by atoms with Crippen molar-refractivity contribution in [2.24, 2.45) is 5.92 Å². The molecule has 4 nitrogen and oxygen atoms in total. The standard InChI is InChI=1S/C19H22ClNO3/c20-16-4-1-3-14(11-16)6-9-19(23)8-2-5-17(12-19)21-18(22)15-7-10-24-13-15/h1,3-4,11,15,17,23H,2,5,7-8,10,12-13H2,(H,21,22)/t15?,17-,19?/m1/s1. The van der Waals surface area contributed by atoms with Gasteiger partial charge in [-0.1, -0.05) is 29.5 Å². The first kappa shape index (κ1) is 17.3. The Kier molecular flexibility index (Phi) is 5.45. The lowest BCUT2D eigenvalue weighted by Gasteiger charge is -2.33. The predicted octanol–water partition coefficient (Wildman–Crippen LogP) is 2.52. The first-order valence-corrected chi connectivity index (χ1v) is 8.81. The van der Waals surface area contributed by atoms with E-state index in [1.807, 2.05) is 12.1 Å². The van der Waals surface area contributed by atoms with E-state index in [1.54, 1.807) is 12.1 Å². The number of benzene rings is 1. The molecule has 1 amide bonds. The number of hydrogen-bond donors (Lipinski definition) is 2. The second-order valence-electron chi connectivity index (χ2n) is 6.65. The van der Waals surface area contributed by atoms with Gasteiger partial charge in [-0.25, -0.2) is 0 Å². The van der Waals surface area contributed by atoms with Gasteiger partial charge in [-0.15, -0.1) is 0 Å². The Hall–Kier alpha value is -1.54. The third-order valence-electron chi connectivity index (χ3n) is 4.64. The average Bonchev–Trinajstić information content (AvgIpc) is 3.08. The lowest BCUT2D eigenvalue weighted by atomic mass is 9.82. The molecule has 5 heteroatoms. The minimum Gasteiger partial charge on any atom is -0.381 e. The number of aliphatic hydroxyl groups is 1. The fourth-order valence-electron chi connectivity index (χ4n) is 3.30. The molecule has 0 aromatic heterocycles. The summed E-state index contributed by atoms with van der Waals surface area (Å²) in [4.78, 5) is 12.2. The van der Waals surface area contributed by atoms with Crippen LogP contribution in [0.1, 0.15) is 37.7 Å². The fourth-order valence-corrected chi connectivity index (χ4v) is 3.49. The summed E-state index contributed by atoms with van der Waals surface area (Å²) in [6.45, 7) is 1.15. The Morgan fingerprint density at radius 2 is 2.29 bits per heavy atom. The fraction of sp³-hybridized carbons (Fsp3) is 0.526. The van der Waals surface area contributed by atoms with Crippen LogP contribution in [0.5, 0.6) is 0 Å². The van der Waals surface area contributed by atoms with E-state index in [9.17, 15) is 9.90 Å². The Labute approximate surface area is 147 Å². The molecule has 24 heavy (non-hydrogen) atoms. The summed E-state index contributed by atoms with van der Waals surface area (Å²) in [6, 6.07) is 7.24. The zero-order valence-electron chi connectivity index (χ0n) is 13.6. The van der Waals surface area contributed by atoms with E-state index in [0.29, 0.717) is 31.1 Å². The molecule has 1 aliphatic heterocycles. The van der Waals surface area contributed by atoms with Gasteiger partial charge in [-0.2, -0.15) is 0 Å². The molecule has 1 aromatic rings. The lowest BCUT2D eigenvalue weighted by molar-refractivity contribution is -0.126. The van der Waals surface area contributed by atoms with E-state index >= 15 is 0 Å². The van der Waals surface area contributed by atoms with Crippen LogP contribution in [0.25, 0.3) is 0 Å². The van der Waals surface area contributed by atoms with E-state index in [1.165, 1.54) is 0 Å². The molecule has 0 spiro atoms. The minimum absolute atomic E-state index is 0.0320. The van der Waals surface area contributed by atoms with Crippen LogP contribution < -0.4 is 5.32 Å². The average molecular weight is 348 g/mol. The largest absolute Gasteiger partial charge is 0.381 e. The van der Waals surface area contributed by atoms with Crippen molar-refractivity contribution in [2.45, 2.75) is 43.7 Å². The van der Waals surface area contributed by atoms with Crippen molar-refractivity contribution in [3.8, 4) is 11.8 Å². The molecule has 1 heterocycles. The Morgan fingerprint density at radius 3 is 3.04 bits per heavy atom. The molecular weight excluding hydrogens is 326 g/mol. The van der Waals surface area contributed by atoms with Crippen molar-refractivity contribution in [3.63, 3.8) is 0 Å². The topological polar surface area (TPSA) is 58.6 Å². The summed E-state index contributed by atoms with van der Waals surface area (Å²) in [6.07, 6.45) is 3.57. The Morgan fingerprint density at radius 1 is 1.42 bits per heavy atom. The number of nitrogens with one attached hydrogen (secondary N) is 1. The van der Waals surface area contributed by atoms with E-state index in [2.05, 4.69) is 17.2 Å². The van der Waals surface area contributed by atoms with Gasteiger partial charge in [0.15, 0.2) is 0 Å². The number of amides is 1. The quantitative estimate of drug-likeness (QED) is 0.808. The van der Waals surface area contributed by atoms with Crippen LogP contribution in [0.3, 0.4) is 0 Å². The molecule has 1 saturated heterocycles. The van der Waals surface area contributed by atoms with E-state index in [-0.39, 0.29) is 17.9 Å². The smallest absolute Gasteiger partial charge is 0.225 e.